The van der Waals surface area contributed by atoms with Crippen molar-refractivity contribution in [2.45, 2.75) is 38.3 Å². The van der Waals surface area contributed by atoms with Crippen molar-refractivity contribution in [2.75, 3.05) is 24.6 Å². The molecule has 2 heterocycles. The monoisotopic (exact) mass is 325 g/mol. The van der Waals surface area contributed by atoms with Crippen LogP contribution in [0.25, 0.3) is 0 Å². The summed E-state index contributed by atoms with van der Waals surface area (Å²) in [6.07, 6.45) is 5.30. The average molecular weight is 325 g/mol. The zero-order chi connectivity index (χ0) is 16.8. The molecule has 1 aliphatic rings. The summed E-state index contributed by atoms with van der Waals surface area (Å²) in [5.41, 5.74) is 1.85. The van der Waals surface area contributed by atoms with Crippen LogP contribution in [0.2, 0.25) is 0 Å². The second-order valence-electron chi connectivity index (χ2n) is 6.53. The van der Waals surface area contributed by atoms with E-state index >= 15 is 0 Å². The SMILES string of the molecule is CC[C@@](CO)(NCc1ccc(N2CCCC2)nc1)c1ccccc1. The average Bonchev–Trinajstić information content (AvgIpc) is 3.19. The third-order valence-corrected chi connectivity index (χ3v) is 5.07. The van der Waals surface area contributed by atoms with Gasteiger partial charge in [0.05, 0.1) is 12.1 Å². The normalized spacial score (nSPS) is 17.0. The maximum Gasteiger partial charge on any atom is 0.128 e. The van der Waals surface area contributed by atoms with Gasteiger partial charge in [0.2, 0.25) is 0 Å². The van der Waals surface area contributed by atoms with E-state index in [-0.39, 0.29) is 6.61 Å². The third-order valence-electron chi connectivity index (χ3n) is 5.07. The molecule has 1 aromatic carbocycles. The van der Waals surface area contributed by atoms with Gasteiger partial charge in [-0.25, -0.2) is 4.98 Å². The second kappa shape index (κ2) is 7.77. The molecule has 0 radical (unpaired) electrons. The summed E-state index contributed by atoms with van der Waals surface area (Å²) in [6.45, 7) is 5.10. The highest BCUT2D eigenvalue weighted by Gasteiger charge is 2.28. The van der Waals surface area contributed by atoms with Gasteiger partial charge in [-0.2, -0.15) is 0 Å². The van der Waals surface area contributed by atoms with E-state index in [9.17, 15) is 5.11 Å². The van der Waals surface area contributed by atoms with Crippen LogP contribution in [0, 0.1) is 0 Å². The van der Waals surface area contributed by atoms with Gasteiger partial charge in [-0.15, -0.1) is 0 Å². The quantitative estimate of drug-likeness (QED) is 0.821. The molecule has 128 valence electrons. The zero-order valence-electron chi connectivity index (χ0n) is 14.4. The van der Waals surface area contributed by atoms with Gasteiger partial charge in [0.25, 0.3) is 0 Å². The minimum absolute atomic E-state index is 0.0762. The molecule has 0 bridgehead atoms. The molecule has 1 atom stereocenters. The largest absolute Gasteiger partial charge is 0.394 e. The predicted octanol–water partition coefficient (Wildman–Crippen LogP) is 3.07. The van der Waals surface area contributed by atoms with Crippen LogP contribution < -0.4 is 10.2 Å². The predicted molar refractivity (Wildman–Crippen MR) is 98.0 cm³/mol. The number of anilines is 1. The molecule has 1 saturated heterocycles. The Balaban J connectivity index is 1.68. The lowest BCUT2D eigenvalue weighted by Crippen LogP contribution is -2.44. The summed E-state index contributed by atoms with van der Waals surface area (Å²) in [4.78, 5) is 6.95. The lowest BCUT2D eigenvalue weighted by Gasteiger charge is -2.33. The molecule has 0 saturated carbocycles. The van der Waals surface area contributed by atoms with Crippen LogP contribution in [0.3, 0.4) is 0 Å². The van der Waals surface area contributed by atoms with Crippen molar-refractivity contribution in [3.05, 3.63) is 59.8 Å². The number of benzene rings is 1. The molecule has 2 N–H and O–H groups in total. The first kappa shape index (κ1) is 16.9. The highest BCUT2D eigenvalue weighted by molar-refractivity contribution is 5.40. The van der Waals surface area contributed by atoms with Crippen molar-refractivity contribution in [2.24, 2.45) is 0 Å². The number of aliphatic hydroxyl groups is 1. The first-order valence-corrected chi connectivity index (χ1v) is 8.89. The van der Waals surface area contributed by atoms with Gasteiger partial charge in [-0.3, -0.25) is 0 Å². The van der Waals surface area contributed by atoms with Crippen molar-refractivity contribution in [1.29, 1.82) is 0 Å². The molecule has 1 fully saturated rings. The maximum atomic E-state index is 10.0. The number of hydrogen-bond donors (Lipinski definition) is 2. The molecule has 0 amide bonds. The van der Waals surface area contributed by atoms with Gasteiger partial charge in [-0.05, 0) is 36.5 Å². The van der Waals surface area contributed by atoms with Crippen LogP contribution >= 0.6 is 0 Å². The Hall–Kier alpha value is -1.91. The Morgan fingerprint density at radius 2 is 1.88 bits per heavy atom. The van der Waals surface area contributed by atoms with E-state index in [0.29, 0.717) is 6.54 Å². The van der Waals surface area contributed by atoms with Crippen molar-refractivity contribution in [3.8, 4) is 0 Å². The van der Waals surface area contributed by atoms with Crippen molar-refractivity contribution < 1.29 is 5.11 Å². The molecule has 1 aromatic heterocycles. The Bertz CT molecular complexity index is 617. The number of hydrogen-bond acceptors (Lipinski definition) is 4. The van der Waals surface area contributed by atoms with Gasteiger partial charge in [0.1, 0.15) is 5.82 Å². The highest BCUT2D eigenvalue weighted by atomic mass is 16.3. The summed E-state index contributed by atoms with van der Waals surface area (Å²) < 4.78 is 0. The molecular weight excluding hydrogens is 298 g/mol. The Morgan fingerprint density at radius 1 is 1.12 bits per heavy atom. The molecule has 1 aliphatic heterocycles. The number of nitrogens with zero attached hydrogens (tertiary/aromatic N) is 2. The smallest absolute Gasteiger partial charge is 0.128 e. The molecule has 0 spiro atoms. The number of rotatable bonds is 7. The molecule has 3 rings (SSSR count). The summed E-state index contributed by atoms with van der Waals surface area (Å²) in [7, 11) is 0. The van der Waals surface area contributed by atoms with E-state index in [4.69, 9.17) is 0 Å². The van der Waals surface area contributed by atoms with Gasteiger partial charge < -0.3 is 15.3 Å². The van der Waals surface area contributed by atoms with E-state index in [1.54, 1.807) is 0 Å². The van der Waals surface area contributed by atoms with Crippen LogP contribution in [0.5, 0.6) is 0 Å². The number of pyridine rings is 1. The fourth-order valence-electron chi connectivity index (χ4n) is 3.37. The minimum Gasteiger partial charge on any atom is -0.394 e. The van der Waals surface area contributed by atoms with Gasteiger partial charge in [-0.1, -0.05) is 43.3 Å². The van der Waals surface area contributed by atoms with E-state index in [1.165, 1.54) is 12.8 Å². The first-order valence-electron chi connectivity index (χ1n) is 8.89. The lowest BCUT2D eigenvalue weighted by atomic mass is 9.88. The fourth-order valence-corrected chi connectivity index (χ4v) is 3.37. The molecule has 0 unspecified atom stereocenters. The molecule has 4 heteroatoms. The van der Waals surface area contributed by atoms with Crippen molar-refractivity contribution in [1.82, 2.24) is 10.3 Å². The number of aromatic nitrogens is 1. The summed E-state index contributed by atoms with van der Waals surface area (Å²) >= 11 is 0. The van der Waals surface area contributed by atoms with E-state index in [2.05, 4.69) is 46.4 Å². The first-order chi connectivity index (χ1) is 11.8. The Kier molecular flexibility index (Phi) is 5.48. The van der Waals surface area contributed by atoms with Crippen molar-refractivity contribution >= 4 is 5.82 Å². The van der Waals surface area contributed by atoms with Crippen LogP contribution in [-0.2, 0) is 12.1 Å². The van der Waals surface area contributed by atoms with Crippen LogP contribution in [0.4, 0.5) is 5.82 Å². The molecule has 4 nitrogen and oxygen atoms in total. The molecule has 2 aromatic rings. The Labute approximate surface area is 144 Å². The highest BCUT2D eigenvalue weighted by Crippen LogP contribution is 2.25. The van der Waals surface area contributed by atoms with E-state index in [0.717, 1.165) is 36.5 Å². The van der Waals surface area contributed by atoms with Gasteiger partial charge in [0, 0.05) is 25.8 Å². The topological polar surface area (TPSA) is 48.4 Å². The summed E-state index contributed by atoms with van der Waals surface area (Å²) in [5.74, 6) is 1.07. The summed E-state index contributed by atoms with van der Waals surface area (Å²) in [5, 5.41) is 13.6. The van der Waals surface area contributed by atoms with E-state index < -0.39 is 5.54 Å². The standard InChI is InChI=1S/C20H27N3O/c1-2-20(16-24,18-8-4-3-5-9-18)22-15-17-10-11-19(21-14-17)23-12-6-7-13-23/h3-5,8-11,14,22,24H,2,6-7,12-13,15-16H2,1H3/t20-/m0/s1. The van der Waals surface area contributed by atoms with Crippen LogP contribution in [0.15, 0.2) is 48.7 Å². The third kappa shape index (κ3) is 3.60. The van der Waals surface area contributed by atoms with E-state index in [1.807, 2.05) is 24.4 Å². The lowest BCUT2D eigenvalue weighted by molar-refractivity contribution is 0.154. The van der Waals surface area contributed by atoms with Crippen molar-refractivity contribution in [3.63, 3.8) is 0 Å². The fraction of sp³-hybridized carbons (Fsp3) is 0.450. The maximum absolute atomic E-state index is 10.0. The van der Waals surface area contributed by atoms with Crippen LogP contribution in [0.1, 0.15) is 37.3 Å². The number of aliphatic hydroxyl groups excluding tert-OH is 1. The Morgan fingerprint density at radius 3 is 2.46 bits per heavy atom. The molecular formula is C20H27N3O. The second-order valence-corrected chi connectivity index (χ2v) is 6.53. The van der Waals surface area contributed by atoms with Gasteiger partial charge >= 0.3 is 0 Å². The van der Waals surface area contributed by atoms with Crippen LogP contribution in [-0.4, -0.2) is 29.8 Å². The minimum atomic E-state index is -0.408. The molecule has 0 aliphatic carbocycles. The molecule has 24 heavy (non-hydrogen) atoms. The van der Waals surface area contributed by atoms with Gasteiger partial charge in [0.15, 0.2) is 0 Å². The zero-order valence-corrected chi connectivity index (χ0v) is 14.4. The summed E-state index contributed by atoms with van der Waals surface area (Å²) in [6, 6.07) is 14.4. The number of nitrogens with one attached hydrogen (secondary N) is 1.